The number of likely N-dealkylation sites (N-methyl/N-ethyl adjacent to an activating group) is 1. The third-order valence-corrected chi connectivity index (χ3v) is 2.70. The van der Waals surface area contributed by atoms with Crippen molar-refractivity contribution >= 4 is 5.91 Å². The summed E-state index contributed by atoms with van der Waals surface area (Å²) in [5, 5.41) is 15.4. The van der Waals surface area contributed by atoms with Gasteiger partial charge in [0.2, 0.25) is 5.91 Å². The lowest BCUT2D eigenvalue weighted by Crippen LogP contribution is -2.42. The number of nitrogens with zero attached hydrogens (tertiary/aromatic N) is 1. The van der Waals surface area contributed by atoms with E-state index in [0.717, 1.165) is 19.5 Å². The van der Waals surface area contributed by atoms with Crippen LogP contribution in [0.1, 0.15) is 12.8 Å². The first kappa shape index (κ1) is 12.4. The second-order valence-corrected chi connectivity index (χ2v) is 4.07. The first-order chi connectivity index (χ1) is 7.15. The SMILES string of the molecule is CNCCCN(C)C(=O)C1CC(O)CN1. The highest BCUT2D eigenvalue weighted by Gasteiger charge is 2.29. The molecule has 1 fully saturated rings. The molecule has 15 heavy (non-hydrogen) atoms. The van der Waals surface area contributed by atoms with Crippen LogP contribution in [0.2, 0.25) is 0 Å². The fourth-order valence-electron chi connectivity index (χ4n) is 1.77. The Labute approximate surface area is 90.8 Å². The third-order valence-electron chi connectivity index (χ3n) is 2.70. The van der Waals surface area contributed by atoms with Gasteiger partial charge in [-0.3, -0.25) is 4.79 Å². The van der Waals surface area contributed by atoms with E-state index >= 15 is 0 Å². The predicted molar refractivity (Wildman–Crippen MR) is 58.6 cm³/mol. The Morgan fingerprint density at radius 1 is 1.67 bits per heavy atom. The Balaban J connectivity index is 2.26. The van der Waals surface area contributed by atoms with Crippen molar-refractivity contribution in [2.45, 2.75) is 25.0 Å². The van der Waals surface area contributed by atoms with Crippen LogP contribution in [-0.2, 0) is 4.79 Å². The van der Waals surface area contributed by atoms with Crippen LogP contribution in [0.25, 0.3) is 0 Å². The molecule has 0 aliphatic carbocycles. The van der Waals surface area contributed by atoms with E-state index in [4.69, 9.17) is 0 Å². The molecule has 5 heteroatoms. The maximum Gasteiger partial charge on any atom is 0.239 e. The largest absolute Gasteiger partial charge is 0.392 e. The molecule has 0 radical (unpaired) electrons. The van der Waals surface area contributed by atoms with Crippen molar-refractivity contribution in [2.24, 2.45) is 0 Å². The lowest BCUT2D eigenvalue weighted by molar-refractivity contribution is -0.131. The number of carbonyl (C=O) groups excluding carboxylic acids is 1. The highest BCUT2D eigenvalue weighted by atomic mass is 16.3. The molecule has 0 saturated carbocycles. The van der Waals surface area contributed by atoms with Crippen molar-refractivity contribution in [3.05, 3.63) is 0 Å². The fraction of sp³-hybridized carbons (Fsp3) is 0.900. The first-order valence-corrected chi connectivity index (χ1v) is 5.46. The molecular formula is C10H21N3O2. The average molecular weight is 215 g/mol. The van der Waals surface area contributed by atoms with Crippen LogP contribution in [0.5, 0.6) is 0 Å². The molecule has 1 aliphatic heterocycles. The molecular weight excluding hydrogens is 194 g/mol. The van der Waals surface area contributed by atoms with Crippen LogP contribution in [0.4, 0.5) is 0 Å². The van der Waals surface area contributed by atoms with E-state index in [-0.39, 0.29) is 18.1 Å². The number of aliphatic hydroxyl groups excluding tert-OH is 1. The number of rotatable bonds is 5. The van der Waals surface area contributed by atoms with Gasteiger partial charge in [-0.15, -0.1) is 0 Å². The molecule has 2 unspecified atom stereocenters. The van der Waals surface area contributed by atoms with Crippen LogP contribution in [0.15, 0.2) is 0 Å². The Bertz CT molecular complexity index is 211. The number of aliphatic hydroxyl groups is 1. The Morgan fingerprint density at radius 3 is 2.93 bits per heavy atom. The van der Waals surface area contributed by atoms with Crippen LogP contribution in [-0.4, -0.2) is 61.8 Å². The lowest BCUT2D eigenvalue weighted by Gasteiger charge is -2.20. The number of hydrogen-bond acceptors (Lipinski definition) is 4. The predicted octanol–water partition coefficient (Wildman–Crippen LogP) is -1.22. The van der Waals surface area contributed by atoms with E-state index in [1.807, 2.05) is 14.1 Å². The van der Waals surface area contributed by atoms with Crippen molar-refractivity contribution in [1.82, 2.24) is 15.5 Å². The van der Waals surface area contributed by atoms with Gasteiger partial charge in [0.05, 0.1) is 12.1 Å². The summed E-state index contributed by atoms with van der Waals surface area (Å²) in [5.74, 6) is 0.0858. The van der Waals surface area contributed by atoms with Gasteiger partial charge in [-0.05, 0) is 26.4 Å². The molecule has 1 amide bonds. The smallest absolute Gasteiger partial charge is 0.239 e. The monoisotopic (exact) mass is 215 g/mol. The van der Waals surface area contributed by atoms with Crippen LogP contribution >= 0.6 is 0 Å². The number of amides is 1. The van der Waals surface area contributed by atoms with Crippen LogP contribution in [0.3, 0.4) is 0 Å². The summed E-state index contributed by atoms with van der Waals surface area (Å²) in [6.45, 7) is 2.20. The minimum atomic E-state index is -0.371. The molecule has 0 aromatic rings. The molecule has 0 bridgehead atoms. The first-order valence-electron chi connectivity index (χ1n) is 5.46. The molecule has 0 aromatic heterocycles. The average Bonchev–Trinajstić information content (AvgIpc) is 2.64. The lowest BCUT2D eigenvalue weighted by atomic mass is 10.2. The van der Waals surface area contributed by atoms with Gasteiger partial charge < -0.3 is 20.6 Å². The van der Waals surface area contributed by atoms with Gasteiger partial charge in [0.25, 0.3) is 0 Å². The normalized spacial score (nSPS) is 25.5. The highest BCUT2D eigenvalue weighted by Crippen LogP contribution is 2.08. The summed E-state index contributed by atoms with van der Waals surface area (Å²) < 4.78 is 0. The fourth-order valence-corrected chi connectivity index (χ4v) is 1.77. The van der Waals surface area contributed by atoms with Crippen molar-refractivity contribution in [3.63, 3.8) is 0 Å². The molecule has 0 spiro atoms. The number of carbonyl (C=O) groups is 1. The van der Waals surface area contributed by atoms with Crippen molar-refractivity contribution in [3.8, 4) is 0 Å². The van der Waals surface area contributed by atoms with E-state index < -0.39 is 0 Å². The van der Waals surface area contributed by atoms with Gasteiger partial charge in [-0.25, -0.2) is 0 Å². The van der Waals surface area contributed by atoms with Gasteiger partial charge in [0, 0.05) is 20.1 Å². The highest BCUT2D eigenvalue weighted by molar-refractivity contribution is 5.82. The maximum absolute atomic E-state index is 11.8. The van der Waals surface area contributed by atoms with Crippen molar-refractivity contribution in [1.29, 1.82) is 0 Å². The van der Waals surface area contributed by atoms with E-state index in [0.29, 0.717) is 13.0 Å². The molecule has 1 saturated heterocycles. The van der Waals surface area contributed by atoms with Gasteiger partial charge >= 0.3 is 0 Å². The van der Waals surface area contributed by atoms with Gasteiger partial charge in [0.1, 0.15) is 0 Å². The Hall–Kier alpha value is -0.650. The van der Waals surface area contributed by atoms with Crippen molar-refractivity contribution < 1.29 is 9.90 Å². The van der Waals surface area contributed by atoms with Gasteiger partial charge in [-0.1, -0.05) is 0 Å². The molecule has 5 nitrogen and oxygen atoms in total. The summed E-state index contributed by atoms with van der Waals surface area (Å²) >= 11 is 0. The minimum Gasteiger partial charge on any atom is -0.392 e. The summed E-state index contributed by atoms with van der Waals surface area (Å²) in [7, 11) is 3.71. The van der Waals surface area contributed by atoms with Crippen LogP contribution < -0.4 is 10.6 Å². The van der Waals surface area contributed by atoms with E-state index in [2.05, 4.69) is 10.6 Å². The number of hydrogen-bond donors (Lipinski definition) is 3. The second-order valence-electron chi connectivity index (χ2n) is 4.07. The van der Waals surface area contributed by atoms with E-state index in [1.54, 1.807) is 4.90 Å². The zero-order valence-corrected chi connectivity index (χ0v) is 9.49. The van der Waals surface area contributed by atoms with Crippen LogP contribution in [0, 0.1) is 0 Å². The maximum atomic E-state index is 11.8. The number of β-amino-alcohol motifs (C(OH)–C–C–N with tert-alkyl or cyclic N) is 1. The molecule has 1 heterocycles. The zero-order chi connectivity index (χ0) is 11.3. The summed E-state index contributed by atoms with van der Waals surface area (Å²) in [6, 6.07) is -0.195. The molecule has 1 aliphatic rings. The summed E-state index contributed by atoms with van der Waals surface area (Å²) in [4.78, 5) is 13.5. The third kappa shape index (κ3) is 3.77. The van der Waals surface area contributed by atoms with Gasteiger partial charge in [0.15, 0.2) is 0 Å². The minimum absolute atomic E-state index is 0.0858. The Kier molecular flexibility index (Phi) is 5.01. The van der Waals surface area contributed by atoms with Gasteiger partial charge in [-0.2, -0.15) is 0 Å². The molecule has 2 atom stereocenters. The molecule has 0 aromatic carbocycles. The zero-order valence-electron chi connectivity index (χ0n) is 9.49. The van der Waals surface area contributed by atoms with E-state index in [1.165, 1.54) is 0 Å². The quantitative estimate of drug-likeness (QED) is 0.503. The molecule has 88 valence electrons. The topological polar surface area (TPSA) is 64.6 Å². The number of nitrogens with one attached hydrogen (secondary N) is 2. The Morgan fingerprint density at radius 2 is 2.40 bits per heavy atom. The molecule has 3 N–H and O–H groups in total. The second kappa shape index (κ2) is 6.05. The summed E-state index contributed by atoms with van der Waals surface area (Å²) in [6.07, 6.45) is 1.12. The summed E-state index contributed by atoms with van der Waals surface area (Å²) in [5.41, 5.74) is 0. The molecule has 1 rings (SSSR count). The van der Waals surface area contributed by atoms with Crippen molar-refractivity contribution in [2.75, 3.05) is 33.7 Å². The van der Waals surface area contributed by atoms with E-state index in [9.17, 15) is 9.90 Å². The standard InChI is InChI=1S/C10H21N3O2/c1-11-4-3-5-13(2)10(15)9-6-8(14)7-12-9/h8-9,11-12,14H,3-7H2,1-2H3.